The summed E-state index contributed by atoms with van der Waals surface area (Å²) < 4.78 is 5.68. The smallest absolute Gasteiger partial charge is 0.294 e. The van der Waals surface area contributed by atoms with Crippen molar-refractivity contribution in [1.29, 1.82) is 0 Å². The summed E-state index contributed by atoms with van der Waals surface area (Å²) in [6.07, 6.45) is 0.0352. The molecule has 1 unspecified atom stereocenters. The number of nitrogens with zero attached hydrogens (tertiary/aromatic N) is 1. The number of hydrogen-bond donors (Lipinski definition) is 1. The van der Waals surface area contributed by atoms with Gasteiger partial charge in [-0.15, -0.1) is 0 Å². The number of amides is 1. The SMILES string of the molecule is CC(C)Oc1ccc(N2C(=O)C(O)=C(C(=O)C(C)(C)C)C2c2ccccc2)cc1. The minimum absolute atomic E-state index is 0.0352. The maximum atomic E-state index is 13.1. The van der Waals surface area contributed by atoms with E-state index in [1.54, 1.807) is 45.0 Å². The number of rotatable bonds is 5. The van der Waals surface area contributed by atoms with Crippen molar-refractivity contribution in [2.45, 2.75) is 46.8 Å². The van der Waals surface area contributed by atoms with Gasteiger partial charge in [0.2, 0.25) is 0 Å². The van der Waals surface area contributed by atoms with Crippen molar-refractivity contribution in [2.24, 2.45) is 5.41 Å². The molecule has 1 heterocycles. The lowest BCUT2D eigenvalue weighted by atomic mass is 9.82. The van der Waals surface area contributed by atoms with Crippen LogP contribution >= 0.6 is 0 Å². The molecule has 2 aromatic rings. The number of aliphatic hydroxyl groups excluding tert-OH is 1. The summed E-state index contributed by atoms with van der Waals surface area (Å²) in [6, 6.07) is 15.7. The van der Waals surface area contributed by atoms with Gasteiger partial charge in [0.15, 0.2) is 11.5 Å². The molecule has 0 aliphatic carbocycles. The van der Waals surface area contributed by atoms with Crippen LogP contribution in [-0.2, 0) is 9.59 Å². The zero-order valence-corrected chi connectivity index (χ0v) is 17.5. The lowest BCUT2D eigenvalue weighted by Gasteiger charge is -2.29. The number of carbonyl (C=O) groups is 2. The Bertz CT molecular complexity index is 937. The van der Waals surface area contributed by atoms with Crippen molar-refractivity contribution in [3.63, 3.8) is 0 Å². The van der Waals surface area contributed by atoms with E-state index in [1.807, 2.05) is 44.2 Å². The predicted octanol–water partition coefficient (Wildman–Crippen LogP) is 4.99. The van der Waals surface area contributed by atoms with Crippen molar-refractivity contribution in [3.05, 3.63) is 71.5 Å². The van der Waals surface area contributed by atoms with E-state index in [2.05, 4.69) is 0 Å². The Hall–Kier alpha value is -3.08. The van der Waals surface area contributed by atoms with Crippen LogP contribution in [0.4, 0.5) is 5.69 Å². The average Bonchev–Trinajstić information content (AvgIpc) is 2.92. The van der Waals surface area contributed by atoms with E-state index in [0.29, 0.717) is 11.4 Å². The third kappa shape index (κ3) is 4.04. The molecule has 3 rings (SSSR count). The molecular weight excluding hydrogens is 366 g/mol. The first-order valence-electron chi connectivity index (χ1n) is 9.74. The van der Waals surface area contributed by atoms with Crippen LogP contribution in [-0.4, -0.2) is 22.9 Å². The molecule has 0 aromatic heterocycles. The Kier molecular flexibility index (Phi) is 5.51. The normalized spacial score (nSPS) is 17.2. The summed E-state index contributed by atoms with van der Waals surface area (Å²) >= 11 is 0. The van der Waals surface area contributed by atoms with Crippen molar-refractivity contribution >= 4 is 17.4 Å². The number of Topliss-reactive ketones (excluding diaryl/α,β-unsaturated/α-hetero) is 1. The quantitative estimate of drug-likeness (QED) is 0.777. The molecular formula is C24H27NO4. The van der Waals surface area contributed by atoms with E-state index in [1.165, 1.54) is 4.90 Å². The van der Waals surface area contributed by atoms with Gasteiger partial charge >= 0.3 is 0 Å². The fraction of sp³-hybridized carbons (Fsp3) is 0.333. The summed E-state index contributed by atoms with van der Waals surface area (Å²) in [5, 5.41) is 10.7. The first kappa shape index (κ1) is 20.6. The summed E-state index contributed by atoms with van der Waals surface area (Å²) in [6.45, 7) is 9.22. The summed E-state index contributed by atoms with van der Waals surface area (Å²) in [5.41, 5.74) is 0.751. The Labute approximate surface area is 171 Å². The molecule has 1 aliphatic heterocycles. The largest absolute Gasteiger partial charge is 0.503 e. The van der Waals surface area contributed by atoms with Gasteiger partial charge in [0, 0.05) is 11.1 Å². The van der Waals surface area contributed by atoms with Gasteiger partial charge in [-0.1, -0.05) is 51.1 Å². The van der Waals surface area contributed by atoms with Crippen LogP contribution in [0, 0.1) is 5.41 Å². The predicted molar refractivity (Wildman–Crippen MR) is 113 cm³/mol. The Balaban J connectivity index is 2.09. The Morgan fingerprint density at radius 2 is 1.62 bits per heavy atom. The highest BCUT2D eigenvalue weighted by molar-refractivity contribution is 6.17. The number of aliphatic hydroxyl groups is 1. The highest BCUT2D eigenvalue weighted by Gasteiger charge is 2.46. The molecule has 5 nitrogen and oxygen atoms in total. The number of ether oxygens (including phenoxy) is 1. The third-order valence-corrected chi connectivity index (χ3v) is 4.74. The number of anilines is 1. The number of benzene rings is 2. The highest BCUT2D eigenvalue weighted by Crippen LogP contribution is 2.43. The number of hydrogen-bond acceptors (Lipinski definition) is 4. The van der Waals surface area contributed by atoms with Crippen molar-refractivity contribution in [3.8, 4) is 5.75 Å². The van der Waals surface area contributed by atoms with Crippen molar-refractivity contribution in [1.82, 2.24) is 0 Å². The Morgan fingerprint density at radius 1 is 1.03 bits per heavy atom. The van der Waals surface area contributed by atoms with Crippen LogP contribution in [0.25, 0.3) is 0 Å². The summed E-state index contributed by atoms with van der Waals surface area (Å²) in [5.74, 6) is -0.625. The van der Waals surface area contributed by atoms with E-state index >= 15 is 0 Å². The van der Waals surface area contributed by atoms with E-state index < -0.39 is 23.1 Å². The van der Waals surface area contributed by atoms with Gasteiger partial charge in [-0.2, -0.15) is 0 Å². The molecule has 1 amide bonds. The topological polar surface area (TPSA) is 66.8 Å². The van der Waals surface area contributed by atoms with Crippen LogP contribution in [0.3, 0.4) is 0 Å². The van der Waals surface area contributed by atoms with Crippen LogP contribution in [0.5, 0.6) is 5.75 Å². The van der Waals surface area contributed by atoms with Gasteiger partial charge < -0.3 is 9.84 Å². The van der Waals surface area contributed by atoms with E-state index in [4.69, 9.17) is 4.74 Å². The van der Waals surface area contributed by atoms with Gasteiger partial charge in [-0.25, -0.2) is 0 Å². The minimum Gasteiger partial charge on any atom is -0.503 e. The second kappa shape index (κ2) is 7.74. The summed E-state index contributed by atoms with van der Waals surface area (Å²) in [4.78, 5) is 27.6. The molecule has 0 spiro atoms. The van der Waals surface area contributed by atoms with Crippen LogP contribution in [0.1, 0.15) is 46.2 Å². The van der Waals surface area contributed by atoms with E-state index in [-0.39, 0.29) is 17.5 Å². The van der Waals surface area contributed by atoms with Gasteiger partial charge in [0.05, 0.1) is 17.7 Å². The zero-order chi connectivity index (χ0) is 21.3. The van der Waals surface area contributed by atoms with E-state index in [0.717, 1.165) is 5.56 Å². The molecule has 1 N–H and O–H groups in total. The minimum atomic E-state index is -0.735. The molecule has 0 bridgehead atoms. The first-order valence-corrected chi connectivity index (χ1v) is 9.74. The molecule has 1 atom stereocenters. The van der Waals surface area contributed by atoms with Crippen molar-refractivity contribution < 1.29 is 19.4 Å². The van der Waals surface area contributed by atoms with Gasteiger partial charge in [-0.3, -0.25) is 14.5 Å². The maximum absolute atomic E-state index is 13.1. The average molecular weight is 393 g/mol. The molecule has 0 fully saturated rings. The highest BCUT2D eigenvalue weighted by atomic mass is 16.5. The molecule has 29 heavy (non-hydrogen) atoms. The Morgan fingerprint density at radius 3 is 2.14 bits per heavy atom. The van der Waals surface area contributed by atoms with Crippen LogP contribution in [0.2, 0.25) is 0 Å². The zero-order valence-electron chi connectivity index (χ0n) is 17.5. The van der Waals surface area contributed by atoms with Crippen LogP contribution < -0.4 is 9.64 Å². The second-order valence-corrected chi connectivity index (χ2v) is 8.49. The maximum Gasteiger partial charge on any atom is 0.294 e. The molecule has 2 aromatic carbocycles. The fourth-order valence-electron chi connectivity index (χ4n) is 3.42. The number of ketones is 1. The molecule has 152 valence electrons. The van der Waals surface area contributed by atoms with Gasteiger partial charge in [-0.05, 0) is 43.7 Å². The van der Waals surface area contributed by atoms with Crippen LogP contribution in [0.15, 0.2) is 65.9 Å². The monoisotopic (exact) mass is 393 g/mol. The molecule has 1 aliphatic rings. The van der Waals surface area contributed by atoms with E-state index in [9.17, 15) is 14.7 Å². The molecule has 5 heteroatoms. The fourth-order valence-corrected chi connectivity index (χ4v) is 3.42. The third-order valence-electron chi connectivity index (χ3n) is 4.74. The van der Waals surface area contributed by atoms with Gasteiger partial charge in [0.25, 0.3) is 5.91 Å². The summed E-state index contributed by atoms with van der Waals surface area (Å²) in [7, 11) is 0. The molecule has 0 saturated carbocycles. The lowest BCUT2D eigenvalue weighted by molar-refractivity contribution is -0.123. The second-order valence-electron chi connectivity index (χ2n) is 8.49. The lowest BCUT2D eigenvalue weighted by Crippen LogP contribution is -2.32. The molecule has 0 radical (unpaired) electrons. The standard InChI is InChI=1S/C24H27NO4/c1-15(2)29-18-13-11-17(12-14-18)25-20(16-9-7-6-8-10-16)19(21(26)23(25)28)22(27)24(3,4)5/h6-15,20,26H,1-5H3. The number of carbonyl (C=O) groups excluding carboxylic acids is 2. The molecule has 0 saturated heterocycles. The first-order chi connectivity index (χ1) is 13.6. The van der Waals surface area contributed by atoms with Crippen molar-refractivity contribution in [2.75, 3.05) is 4.90 Å². The van der Waals surface area contributed by atoms with Gasteiger partial charge in [0.1, 0.15) is 5.75 Å².